The Bertz CT molecular complexity index is 728. The molecule has 3 rings (SSSR count). The van der Waals surface area contributed by atoms with Crippen molar-refractivity contribution in [2.75, 3.05) is 56.5 Å². The maximum absolute atomic E-state index is 12.0. The van der Waals surface area contributed by atoms with Crippen LogP contribution in [-0.4, -0.2) is 62.2 Å². The summed E-state index contributed by atoms with van der Waals surface area (Å²) >= 11 is 0. The number of nitrogens with zero attached hydrogens (tertiary/aromatic N) is 2. The van der Waals surface area contributed by atoms with Gasteiger partial charge >= 0.3 is 0 Å². The zero-order valence-electron chi connectivity index (χ0n) is 15.1. The van der Waals surface area contributed by atoms with Gasteiger partial charge in [0.15, 0.2) is 0 Å². The quantitative estimate of drug-likeness (QED) is 0.740. The number of para-hydroxylation sites is 1. The zero-order chi connectivity index (χ0) is 18.4. The number of hydrogen-bond acceptors (Lipinski definition) is 5. The van der Waals surface area contributed by atoms with Crippen LogP contribution in [-0.2, 0) is 0 Å². The number of carbonyl (C=O) groups excluding carboxylic acids is 1. The van der Waals surface area contributed by atoms with Crippen molar-refractivity contribution in [1.82, 2.24) is 10.2 Å². The van der Waals surface area contributed by atoms with Gasteiger partial charge in [0.05, 0.1) is 5.69 Å². The molecule has 1 aliphatic heterocycles. The molecule has 0 radical (unpaired) electrons. The first-order valence-corrected chi connectivity index (χ1v) is 8.99. The summed E-state index contributed by atoms with van der Waals surface area (Å²) in [6, 6.07) is 15.6. The Hall–Kier alpha value is -2.73. The fraction of sp³-hybridized carbons (Fsp3) is 0.350. The zero-order valence-corrected chi connectivity index (χ0v) is 15.1. The van der Waals surface area contributed by atoms with Crippen LogP contribution in [0.3, 0.4) is 0 Å². The van der Waals surface area contributed by atoms with E-state index in [0.29, 0.717) is 11.3 Å². The van der Waals surface area contributed by atoms with E-state index in [9.17, 15) is 9.90 Å². The topological polar surface area (TPSA) is 67.8 Å². The molecule has 0 unspecified atom stereocenters. The van der Waals surface area contributed by atoms with E-state index in [1.807, 2.05) is 12.1 Å². The van der Waals surface area contributed by atoms with Crippen LogP contribution in [0.15, 0.2) is 48.5 Å². The second-order valence-corrected chi connectivity index (χ2v) is 6.37. The lowest BCUT2D eigenvalue weighted by molar-refractivity contribution is 0.0961. The van der Waals surface area contributed by atoms with E-state index in [4.69, 9.17) is 0 Å². The smallest absolute Gasteiger partial charge is 0.256 e. The van der Waals surface area contributed by atoms with Gasteiger partial charge in [-0.2, -0.15) is 0 Å². The molecule has 1 fully saturated rings. The Kier molecular flexibility index (Phi) is 5.96. The van der Waals surface area contributed by atoms with Crippen LogP contribution >= 0.6 is 0 Å². The molecule has 0 saturated carbocycles. The minimum atomic E-state index is -0.290. The number of hydrogen-bond donors (Lipinski definition) is 3. The standard InChI is InChI=1S/C20H26N4O2/c1-21-20(26)19-17(8-5-9-18(19)25)22-10-11-23-12-14-24(15-13-23)16-6-3-2-4-7-16/h2-9,22,25H,10-15H2,1H3,(H,21,26). The van der Waals surface area contributed by atoms with Crippen LogP contribution < -0.4 is 15.5 Å². The molecular formula is C20H26N4O2. The summed E-state index contributed by atoms with van der Waals surface area (Å²) in [4.78, 5) is 16.8. The van der Waals surface area contributed by atoms with Crippen LogP contribution in [0.5, 0.6) is 5.75 Å². The minimum Gasteiger partial charge on any atom is -0.507 e. The second kappa shape index (κ2) is 8.58. The van der Waals surface area contributed by atoms with Crippen molar-refractivity contribution in [3.05, 3.63) is 54.1 Å². The molecule has 138 valence electrons. The predicted octanol–water partition coefficient (Wildman–Crippen LogP) is 1.99. The van der Waals surface area contributed by atoms with E-state index < -0.39 is 0 Å². The Morgan fingerprint density at radius 1 is 1.04 bits per heavy atom. The fourth-order valence-electron chi connectivity index (χ4n) is 3.27. The third-order valence-corrected chi connectivity index (χ3v) is 4.73. The van der Waals surface area contributed by atoms with Crippen molar-refractivity contribution >= 4 is 17.3 Å². The van der Waals surface area contributed by atoms with Crippen molar-refractivity contribution in [2.45, 2.75) is 0 Å². The molecule has 0 bridgehead atoms. The number of aromatic hydroxyl groups is 1. The van der Waals surface area contributed by atoms with Crippen LogP contribution in [0.25, 0.3) is 0 Å². The van der Waals surface area contributed by atoms with E-state index in [-0.39, 0.29) is 11.7 Å². The summed E-state index contributed by atoms with van der Waals surface area (Å²) < 4.78 is 0. The number of phenolic OH excluding ortho intramolecular Hbond substituents is 1. The molecule has 3 N–H and O–H groups in total. The summed E-state index contributed by atoms with van der Waals surface area (Å²) in [6.45, 7) is 5.67. The highest BCUT2D eigenvalue weighted by Gasteiger charge is 2.18. The summed E-state index contributed by atoms with van der Waals surface area (Å²) in [5.74, 6) is -0.298. The Balaban J connectivity index is 1.49. The van der Waals surface area contributed by atoms with E-state index in [1.165, 1.54) is 11.8 Å². The van der Waals surface area contributed by atoms with Gasteiger partial charge in [0, 0.05) is 52.0 Å². The van der Waals surface area contributed by atoms with E-state index in [0.717, 1.165) is 39.3 Å². The van der Waals surface area contributed by atoms with Gasteiger partial charge in [-0.05, 0) is 24.3 Å². The number of phenols is 1. The first-order chi connectivity index (χ1) is 12.7. The van der Waals surface area contributed by atoms with Crippen molar-refractivity contribution in [1.29, 1.82) is 0 Å². The van der Waals surface area contributed by atoms with Crippen molar-refractivity contribution in [3.63, 3.8) is 0 Å². The van der Waals surface area contributed by atoms with Crippen LogP contribution in [0.4, 0.5) is 11.4 Å². The number of benzene rings is 2. The van der Waals surface area contributed by atoms with Gasteiger partial charge in [-0.3, -0.25) is 9.69 Å². The molecule has 2 aromatic rings. The lowest BCUT2D eigenvalue weighted by Crippen LogP contribution is -2.47. The molecule has 26 heavy (non-hydrogen) atoms. The molecule has 2 aromatic carbocycles. The SMILES string of the molecule is CNC(=O)c1c(O)cccc1NCCN1CCN(c2ccccc2)CC1. The average molecular weight is 354 g/mol. The third-order valence-electron chi connectivity index (χ3n) is 4.73. The fourth-order valence-corrected chi connectivity index (χ4v) is 3.27. The Labute approximate surface area is 154 Å². The summed E-state index contributed by atoms with van der Waals surface area (Å²) in [5.41, 5.74) is 2.23. The van der Waals surface area contributed by atoms with Crippen LogP contribution in [0.1, 0.15) is 10.4 Å². The maximum Gasteiger partial charge on any atom is 0.256 e. The Morgan fingerprint density at radius 3 is 2.46 bits per heavy atom. The molecule has 0 atom stereocenters. The van der Waals surface area contributed by atoms with E-state index in [1.54, 1.807) is 13.1 Å². The number of anilines is 2. The van der Waals surface area contributed by atoms with Gasteiger partial charge < -0.3 is 20.6 Å². The number of amides is 1. The van der Waals surface area contributed by atoms with Crippen molar-refractivity contribution in [2.24, 2.45) is 0 Å². The molecule has 6 heteroatoms. The summed E-state index contributed by atoms with van der Waals surface area (Å²) in [5, 5.41) is 15.8. The molecule has 6 nitrogen and oxygen atoms in total. The molecule has 1 amide bonds. The lowest BCUT2D eigenvalue weighted by Gasteiger charge is -2.36. The van der Waals surface area contributed by atoms with Crippen LogP contribution in [0, 0.1) is 0 Å². The maximum atomic E-state index is 12.0. The van der Waals surface area contributed by atoms with Crippen molar-refractivity contribution < 1.29 is 9.90 Å². The van der Waals surface area contributed by atoms with Crippen LogP contribution in [0.2, 0.25) is 0 Å². The predicted molar refractivity (Wildman–Crippen MR) is 105 cm³/mol. The van der Waals surface area contributed by atoms with E-state index >= 15 is 0 Å². The van der Waals surface area contributed by atoms with Gasteiger partial charge in [0.2, 0.25) is 0 Å². The molecule has 0 aromatic heterocycles. The highest BCUT2D eigenvalue weighted by Crippen LogP contribution is 2.25. The van der Waals surface area contributed by atoms with Gasteiger partial charge in [-0.15, -0.1) is 0 Å². The van der Waals surface area contributed by atoms with Gasteiger partial charge in [-0.25, -0.2) is 0 Å². The van der Waals surface area contributed by atoms with Gasteiger partial charge in [-0.1, -0.05) is 24.3 Å². The summed E-state index contributed by atoms with van der Waals surface area (Å²) in [6.07, 6.45) is 0. The van der Waals surface area contributed by atoms with E-state index in [2.05, 4.69) is 44.7 Å². The second-order valence-electron chi connectivity index (χ2n) is 6.37. The number of carbonyl (C=O) groups is 1. The number of piperazine rings is 1. The highest BCUT2D eigenvalue weighted by molar-refractivity contribution is 6.02. The average Bonchev–Trinajstić information content (AvgIpc) is 2.69. The highest BCUT2D eigenvalue weighted by atomic mass is 16.3. The lowest BCUT2D eigenvalue weighted by atomic mass is 10.1. The normalized spacial score (nSPS) is 14.9. The molecule has 1 aliphatic rings. The minimum absolute atomic E-state index is 0.00849. The molecule has 1 saturated heterocycles. The first-order valence-electron chi connectivity index (χ1n) is 8.99. The third kappa shape index (κ3) is 4.26. The monoisotopic (exact) mass is 354 g/mol. The molecular weight excluding hydrogens is 328 g/mol. The Morgan fingerprint density at radius 2 is 1.77 bits per heavy atom. The van der Waals surface area contributed by atoms with Gasteiger partial charge in [0.25, 0.3) is 5.91 Å². The first kappa shape index (κ1) is 18.1. The van der Waals surface area contributed by atoms with Gasteiger partial charge in [0.1, 0.15) is 11.3 Å². The molecule has 0 spiro atoms. The van der Waals surface area contributed by atoms with Crippen molar-refractivity contribution in [3.8, 4) is 5.75 Å². The summed E-state index contributed by atoms with van der Waals surface area (Å²) in [7, 11) is 1.56. The number of rotatable bonds is 6. The molecule has 1 heterocycles. The number of nitrogens with one attached hydrogen (secondary N) is 2. The molecule has 0 aliphatic carbocycles. The largest absolute Gasteiger partial charge is 0.507 e.